The van der Waals surface area contributed by atoms with Crippen molar-refractivity contribution in [3.8, 4) is 11.5 Å². The van der Waals surface area contributed by atoms with Gasteiger partial charge in [-0.25, -0.2) is 0 Å². The van der Waals surface area contributed by atoms with E-state index in [1.54, 1.807) is 14.2 Å². The first-order valence-corrected chi connectivity index (χ1v) is 13.9. The maximum atomic E-state index is 11.7. The highest BCUT2D eigenvalue weighted by Crippen LogP contribution is 2.53. The normalized spacial score (nSPS) is 35.9. The number of nitrogens with zero attached hydrogens (tertiary/aromatic N) is 1. The monoisotopic (exact) mass is 497 g/mol. The lowest BCUT2D eigenvalue weighted by molar-refractivity contribution is -0.136. The summed E-state index contributed by atoms with van der Waals surface area (Å²) in [6, 6.07) is 6.78. The standard InChI is InChI=1S/C17H24N2O2.C13H23NO/c1-19-9-8-17(7-6-13(18)11-16(17)19)12-4-5-14(20-2)15(10-12)21-3;1-3-10-5-11-4-9(2)6-13(7-10,8-11)12(14)15/h4-5,10,16,18H,6-9,11H2,1-3H3;9-11H,3-8H2,1-2H3,(H2,14,15). The van der Waals surface area contributed by atoms with Crippen molar-refractivity contribution in [2.75, 3.05) is 27.8 Å². The van der Waals surface area contributed by atoms with E-state index >= 15 is 0 Å². The molecule has 0 radical (unpaired) electrons. The van der Waals surface area contributed by atoms with Crippen molar-refractivity contribution < 1.29 is 14.3 Å². The van der Waals surface area contributed by atoms with Crippen LogP contribution in [0, 0.1) is 28.6 Å². The highest BCUT2D eigenvalue weighted by Gasteiger charge is 2.50. The van der Waals surface area contributed by atoms with Crippen LogP contribution in [0.1, 0.15) is 83.6 Å². The van der Waals surface area contributed by atoms with Gasteiger partial charge in [0.1, 0.15) is 0 Å². The van der Waals surface area contributed by atoms with Crippen LogP contribution in [0.3, 0.4) is 0 Å². The zero-order chi connectivity index (χ0) is 26.1. The van der Waals surface area contributed by atoms with Crippen LogP contribution in [-0.4, -0.2) is 50.4 Å². The number of benzene rings is 1. The summed E-state index contributed by atoms with van der Waals surface area (Å²) in [6.45, 7) is 5.62. The predicted molar refractivity (Wildman–Crippen MR) is 145 cm³/mol. The van der Waals surface area contributed by atoms with Gasteiger partial charge in [0.05, 0.1) is 14.2 Å². The summed E-state index contributed by atoms with van der Waals surface area (Å²) in [5.74, 6) is 3.75. The lowest BCUT2D eigenvalue weighted by atomic mass is 9.56. The van der Waals surface area contributed by atoms with Crippen LogP contribution in [0.25, 0.3) is 0 Å². The Bertz CT molecular complexity index is 961. The number of hydrogen-bond acceptors (Lipinski definition) is 5. The molecule has 5 rings (SSSR count). The minimum Gasteiger partial charge on any atom is -0.493 e. The number of primary amides is 1. The number of likely N-dealkylation sites (N-methyl/N-ethyl adjacent to an activating group) is 1. The van der Waals surface area contributed by atoms with Gasteiger partial charge in [-0.1, -0.05) is 26.3 Å². The maximum absolute atomic E-state index is 11.7. The smallest absolute Gasteiger partial charge is 0.223 e. The number of carbonyl (C=O) groups is 1. The van der Waals surface area contributed by atoms with Crippen molar-refractivity contribution in [3.05, 3.63) is 23.8 Å². The Morgan fingerprint density at radius 3 is 2.56 bits per heavy atom. The van der Waals surface area contributed by atoms with Gasteiger partial charge in [-0.15, -0.1) is 0 Å². The molecule has 4 aliphatic rings. The molecule has 1 heterocycles. The second-order valence-corrected chi connectivity index (χ2v) is 12.3. The SMILES string of the molecule is CCC1CC2CC(C)CC(C(N)=O)(C1)C2.COc1ccc(C23CCC(=N)CC2N(C)CC3)cc1OC. The van der Waals surface area contributed by atoms with E-state index in [-0.39, 0.29) is 16.7 Å². The number of methoxy groups -OCH3 is 2. The fourth-order valence-electron chi connectivity index (χ4n) is 8.20. The Morgan fingerprint density at radius 1 is 1.14 bits per heavy atom. The van der Waals surface area contributed by atoms with Crippen molar-refractivity contribution in [1.29, 1.82) is 5.41 Å². The van der Waals surface area contributed by atoms with Gasteiger partial charge in [-0.05, 0) is 100 Å². The molecule has 3 saturated carbocycles. The van der Waals surface area contributed by atoms with Gasteiger partial charge >= 0.3 is 0 Å². The van der Waals surface area contributed by atoms with E-state index in [0.717, 1.165) is 80.5 Å². The van der Waals surface area contributed by atoms with Crippen LogP contribution in [-0.2, 0) is 10.2 Å². The zero-order valence-corrected chi connectivity index (χ0v) is 23.1. The highest BCUT2D eigenvalue weighted by atomic mass is 16.5. The van der Waals surface area contributed by atoms with Gasteiger partial charge < -0.3 is 25.5 Å². The molecule has 0 spiro atoms. The molecule has 6 heteroatoms. The van der Waals surface area contributed by atoms with Gasteiger partial charge in [0.15, 0.2) is 11.5 Å². The van der Waals surface area contributed by atoms with Crippen molar-refractivity contribution in [1.82, 2.24) is 4.90 Å². The van der Waals surface area contributed by atoms with Gasteiger partial charge in [-0.3, -0.25) is 4.79 Å². The van der Waals surface area contributed by atoms with E-state index in [4.69, 9.17) is 20.6 Å². The van der Waals surface area contributed by atoms with Crippen molar-refractivity contribution in [3.63, 3.8) is 0 Å². The molecule has 3 N–H and O–H groups in total. The maximum Gasteiger partial charge on any atom is 0.223 e. The molecule has 6 atom stereocenters. The third-order valence-electron chi connectivity index (χ3n) is 9.95. The Morgan fingerprint density at radius 2 is 1.89 bits per heavy atom. The molecule has 1 aliphatic heterocycles. The largest absolute Gasteiger partial charge is 0.493 e. The van der Waals surface area contributed by atoms with Crippen LogP contribution in [0.2, 0.25) is 0 Å². The van der Waals surface area contributed by atoms with E-state index in [2.05, 4.69) is 37.9 Å². The summed E-state index contributed by atoms with van der Waals surface area (Å²) < 4.78 is 10.8. The molecule has 6 nitrogen and oxygen atoms in total. The summed E-state index contributed by atoms with van der Waals surface area (Å²) in [5.41, 5.74) is 7.91. The summed E-state index contributed by atoms with van der Waals surface area (Å²) in [7, 11) is 5.55. The molecule has 2 bridgehead atoms. The van der Waals surface area contributed by atoms with Crippen LogP contribution < -0.4 is 15.2 Å². The van der Waals surface area contributed by atoms with Crippen LogP contribution in [0.15, 0.2) is 18.2 Å². The lowest BCUT2D eigenvalue weighted by Crippen LogP contribution is -2.47. The van der Waals surface area contributed by atoms with E-state index in [1.807, 2.05) is 6.07 Å². The molecule has 6 unspecified atom stereocenters. The Hall–Kier alpha value is -2.08. The molecular weight excluding hydrogens is 450 g/mol. The third kappa shape index (κ3) is 5.03. The van der Waals surface area contributed by atoms with Crippen LogP contribution in [0.5, 0.6) is 11.5 Å². The molecule has 3 aliphatic carbocycles. The van der Waals surface area contributed by atoms with Crippen molar-refractivity contribution in [2.45, 2.75) is 89.5 Å². The number of likely N-dealkylation sites (tertiary alicyclic amines) is 1. The van der Waals surface area contributed by atoms with Crippen molar-refractivity contribution in [2.24, 2.45) is 28.9 Å². The minimum atomic E-state index is -0.138. The number of carbonyl (C=O) groups excluding carboxylic acids is 1. The number of ether oxygens (including phenoxy) is 2. The summed E-state index contributed by atoms with van der Waals surface area (Å²) in [6.07, 6.45) is 11.1. The van der Waals surface area contributed by atoms with Gasteiger partial charge in [0.2, 0.25) is 5.91 Å². The first kappa shape index (κ1) is 27.0. The second kappa shape index (κ2) is 10.7. The topological polar surface area (TPSA) is 88.6 Å². The number of hydrogen-bond donors (Lipinski definition) is 2. The fourth-order valence-corrected chi connectivity index (χ4v) is 8.20. The number of rotatable bonds is 5. The molecule has 4 fully saturated rings. The van der Waals surface area contributed by atoms with E-state index in [9.17, 15) is 4.79 Å². The van der Waals surface area contributed by atoms with E-state index in [0.29, 0.717) is 12.0 Å². The highest BCUT2D eigenvalue weighted by molar-refractivity contribution is 5.83. The number of nitrogens with one attached hydrogen (secondary N) is 1. The number of amides is 1. The molecule has 1 aromatic rings. The van der Waals surface area contributed by atoms with E-state index in [1.165, 1.54) is 24.8 Å². The second-order valence-electron chi connectivity index (χ2n) is 12.3. The predicted octanol–water partition coefficient (Wildman–Crippen LogP) is 5.56. The van der Waals surface area contributed by atoms with Crippen LogP contribution >= 0.6 is 0 Å². The first-order valence-electron chi connectivity index (χ1n) is 13.9. The van der Waals surface area contributed by atoms with Crippen molar-refractivity contribution >= 4 is 11.6 Å². The molecule has 1 saturated heterocycles. The summed E-state index contributed by atoms with van der Waals surface area (Å²) in [5, 5.41) is 8.05. The summed E-state index contributed by atoms with van der Waals surface area (Å²) >= 11 is 0. The average molecular weight is 498 g/mol. The first-order chi connectivity index (χ1) is 17.2. The molecule has 36 heavy (non-hydrogen) atoms. The molecule has 200 valence electrons. The van der Waals surface area contributed by atoms with E-state index < -0.39 is 0 Å². The fraction of sp³-hybridized carbons (Fsp3) is 0.733. The molecular formula is C30H47N3O3. The third-order valence-corrected chi connectivity index (χ3v) is 9.95. The Balaban J connectivity index is 0.000000179. The summed E-state index contributed by atoms with van der Waals surface area (Å²) in [4.78, 5) is 14.1. The van der Waals surface area contributed by atoms with Gasteiger partial charge in [0.25, 0.3) is 0 Å². The van der Waals surface area contributed by atoms with Gasteiger partial charge in [-0.2, -0.15) is 0 Å². The molecule has 1 amide bonds. The Kier molecular flexibility index (Phi) is 8.04. The quantitative estimate of drug-likeness (QED) is 0.557. The molecule has 1 aromatic carbocycles. The minimum absolute atomic E-state index is 0.0304. The van der Waals surface area contributed by atoms with Crippen LogP contribution in [0.4, 0.5) is 0 Å². The number of fused-ring (bicyclic) bond motifs is 3. The number of nitrogens with two attached hydrogens (primary N) is 1. The average Bonchev–Trinajstić information content (AvgIpc) is 3.19. The molecule has 0 aromatic heterocycles. The van der Waals surface area contributed by atoms with Gasteiger partial charge in [0, 0.05) is 29.0 Å². The lowest BCUT2D eigenvalue weighted by Gasteiger charge is -2.48. The Labute approximate surface area is 217 Å². The zero-order valence-electron chi connectivity index (χ0n) is 23.1.